The van der Waals surface area contributed by atoms with Gasteiger partial charge in [-0.15, -0.1) is 0 Å². The van der Waals surface area contributed by atoms with Gasteiger partial charge in [0, 0.05) is 23.1 Å². The molecular formula is C21H17ClFNO4. The molecule has 0 N–H and O–H groups in total. The Morgan fingerprint density at radius 1 is 0.964 bits per heavy atom. The second-order valence-electron chi connectivity index (χ2n) is 6.02. The Bertz CT molecular complexity index is 935. The van der Waals surface area contributed by atoms with Gasteiger partial charge in [-0.2, -0.15) is 0 Å². The van der Waals surface area contributed by atoms with Gasteiger partial charge in [-0.1, -0.05) is 29.8 Å². The lowest BCUT2D eigenvalue weighted by Gasteiger charge is -2.30. The average Bonchev–Trinajstić information content (AvgIpc) is 2.72. The first-order valence-electron chi connectivity index (χ1n) is 8.34. The molecule has 0 spiro atoms. The van der Waals surface area contributed by atoms with Crippen molar-refractivity contribution in [3.05, 3.63) is 88.5 Å². The first-order chi connectivity index (χ1) is 13.4. The topological polar surface area (TPSA) is 55.8 Å². The number of benzene rings is 2. The highest BCUT2D eigenvalue weighted by molar-refractivity contribution is 6.30. The quantitative estimate of drug-likeness (QED) is 0.719. The fourth-order valence-electron chi connectivity index (χ4n) is 3.03. The summed E-state index contributed by atoms with van der Waals surface area (Å²) in [6.45, 7) is 0. The summed E-state index contributed by atoms with van der Waals surface area (Å²) >= 11 is 6.07. The molecule has 2 aromatic rings. The number of methoxy groups -OCH3 is 2. The van der Waals surface area contributed by atoms with Crippen LogP contribution in [-0.2, 0) is 19.1 Å². The van der Waals surface area contributed by atoms with Gasteiger partial charge in [0.1, 0.15) is 5.82 Å². The fraction of sp³-hybridized carbons (Fsp3) is 0.143. The molecule has 1 heterocycles. The summed E-state index contributed by atoms with van der Waals surface area (Å²) in [5, 5.41) is 0.499. The van der Waals surface area contributed by atoms with Crippen molar-refractivity contribution in [1.29, 1.82) is 0 Å². The highest BCUT2D eigenvalue weighted by Crippen LogP contribution is 2.38. The molecule has 0 saturated carbocycles. The van der Waals surface area contributed by atoms with Gasteiger partial charge in [0.2, 0.25) is 0 Å². The van der Waals surface area contributed by atoms with Gasteiger partial charge in [0.05, 0.1) is 31.3 Å². The van der Waals surface area contributed by atoms with Crippen LogP contribution >= 0.6 is 11.6 Å². The van der Waals surface area contributed by atoms with E-state index in [2.05, 4.69) is 0 Å². The summed E-state index contributed by atoms with van der Waals surface area (Å²) in [6.07, 6.45) is 3.13. The van der Waals surface area contributed by atoms with Crippen molar-refractivity contribution in [3.63, 3.8) is 0 Å². The van der Waals surface area contributed by atoms with Crippen LogP contribution in [0.15, 0.2) is 72.1 Å². The van der Waals surface area contributed by atoms with Gasteiger partial charge in [0.25, 0.3) is 0 Å². The maximum Gasteiger partial charge on any atom is 0.336 e. The zero-order valence-electron chi connectivity index (χ0n) is 15.2. The molecule has 3 rings (SSSR count). The third-order valence-corrected chi connectivity index (χ3v) is 4.57. The Hall–Kier alpha value is -3.12. The van der Waals surface area contributed by atoms with Crippen LogP contribution < -0.4 is 4.90 Å². The Morgan fingerprint density at radius 3 is 2.04 bits per heavy atom. The third-order valence-electron chi connectivity index (χ3n) is 4.33. The standard InChI is InChI=1S/C21H17ClFNO4/c1-27-20(25)17-11-24(16-5-3-4-14(22)10-16)12-18(21(26)28-2)19(17)13-6-8-15(23)9-7-13/h3-12,19H,1-2H3. The van der Waals surface area contributed by atoms with Crippen molar-refractivity contribution in [1.82, 2.24) is 0 Å². The Labute approximate surface area is 166 Å². The number of hydrogen-bond donors (Lipinski definition) is 0. The Kier molecular flexibility index (Phi) is 5.80. The predicted molar refractivity (Wildman–Crippen MR) is 103 cm³/mol. The number of halogens is 2. The number of ether oxygens (including phenoxy) is 2. The van der Waals surface area contributed by atoms with E-state index in [0.717, 1.165) is 0 Å². The van der Waals surface area contributed by atoms with E-state index >= 15 is 0 Å². The third kappa shape index (κ3) is 3.92. The molecule has 1 aliphatic heterocycles. The molecular weight excluding hydrogens is 385 g/mol. The molecule has 0 aromatic heterocycles. The molecule has 5 nitrogen and oxygen atoms in total. The van der Waals surface area contributed by atoms with Crippen LogP contribution in [0, 0.1) is 5.82 Å². The lowest BCUT2D eigenvalue weighted by Crippen LogP contribution is -2.28. The van der Waals surface area contributed by atoms with Crippen molar-refractivity contribution >= 4 is 29.2 Å². The molecule has 2 aromatic carbocycles. The van der Waals surface area contributed by atoms with Crippen molar-refractivity contribution in [2.45, 2.75) is 5.92 Å². The predicted octanol–water partition coefficient (Wildman–Crippen LogP) is 4.20. The van der Waals surface area contributed by atoms with Crippen molar-refractivity contribution in [2.24, 2.45) is 0 Å². The van der Waals surface area contributed by atoms with Crippen LogP contribution in [0.25, 0.3) is 0 Å². The molecule has 28 heavy (non-hydrogen) atoms. The van der Waals surface area contributed by atoms with E-state index in [-0.39, 0.29) is 11.1 Å². The largest absolute Gasteiger partial charge is 0.466 e. The van der Waals surface area contributed by atoms with Gasteiger partial charge in [-0.05, 0) is 35.9 Å². The maximum absolute atomic E-state index is 13.4. The lowest BCUT2D eigenvalue weighted by atomic mass is 9.83. The Morgan fingerprint density at radius 2 is 1.54 bits per heavy atom. The van der Waals surface area contributed by atoms with E-state index in [9.17, 15) is 14.0 Å². The molecule has 0 aliphatic carbocycles. The monoisotopic (exact) mass is 401 g/mol. The van der Waals surface area contributed by atoms with Crippen LogP contribution in [0.1, 0.15) is 11.5 Å². The Balaban J connectivity index is 2.17. The molecule has 0 saturated heterocycles. The van der Waals surface area contributed by atoms with E-state index in [1.807, 2.05) is 0 Å². The normalized spacial score (nSPS) is 14.2. The molecule has 0 radical (unpaired) electrons. The summed E-state index contributed by atoms with van der Waals surface area (Å²) in [5.41, 5.74) is 1.61. The first kappa shape index (κ1) is 19.6. The van der Waals surface area contributed by atoms with Crippen LogP contribution in [0.2, 0.25) is 5.02 Å². The van der Waals surface area contributed by atoms with Gasteiger partial charge in [-0.25, -0.2) is 14.0 Å². The number of carbonyl (C=O) groups is 2. The summed E-state index contributed by atoms with van der Waals surface area (Å²) in [5.74, 6) is -2.42. The average molecular weight is 402 g/mol. The van der Waals surface area contributed by atoms with Crippen molar-refractivity contribution < 1.29 is 23.5 Å². The number of hydrogen-bond acceptors (Lipinski definition) is 5. The molecule has 0 atom stereocenters. The minimum Gasteiger partial charge on any atom is -0.466 e. The summed E-state index contributed by atoms with van der Waals surface area (Å²) < 4.78 is 23.2. The molecule has 0 amide bonds. The molecule has 0 fully saturated rings. The van der Waals surface area contributed by atoms with Crippen molar-refractivity contribution in [3.8, 4) is 0 Å². The maximum atomic E-state index is 13.4. The second-order valence-corrected chi connectivity index (χ2v) is 6.46. The smallest absolute Gasteiger partial charge is 0.336 e. The number of carbonyl (C=O) groups excluding carboxylic acids is 2. The zero-order valence-corrected chi connectivity index (χ0v) is 15.9. The van der Waals surface area contributed by atoms with E-state index in [4.69, 9.17) is 21.1 Å². The van der Waals surface area contributed by atoms with Crippen molar-refractivity contribution in [2.75, 3.05) is 19.1 Å². The van der Waals surface area contributed by atoms with Crippen LogP contribution in [0.5, 0.6) is 0 Å². The highest BCUT2D eigenvalue weighted by Gasteiger charge is 2.35. The van der Waals surface area contributed by atoms with E-state index < -0.39 is 23.7 Å². The number of anilines is 1. The molecule has 0 unspecified atom stereocenters. The number of esters is 2. The summed E-state index contributed by atoms with van der Waals surface area (Å²) in [7, 11) is 2.51. The number of rotatable bonds is 4. The van der Waals surface area contributed by atoms with Crippen LogP contribution in [0.4, 0.5) is 10.1 Å². The molecule has 0 bridgehead atoms. The zero-order chi connectivity index (χ0) is 20.3. The van der Waals surface area contributed by atoms with Gasteiger partial charge in [-0.3, -0.25) is 0 Å². The molecule has 1 aliphatic rings. The second kappa shape index (κ2) is 8.27. The van der Waals surface area contributed by atoms with E-state index in [0.29, 0.717) is 16.3 Å². The van der Waals surface area contributed by atoms with Gasteiger partial charge >= 0.3 is 11.9 Å². The molecule has 7 heteroatoms. The van der Waals surface area contributed by atoms with Crippen LogP contribution in [0.3, 0.4) is 0 Å². The minimum absolute atomic E-state index is 0.206. The van der Waals surface area contributed by atoms with Gasteiger partial charge < -0.3 is 14.4 Å². The first-order valence-corrected chi connectivity index (χ1v) is 8.72. The van der Waals surface area contributed by atoms with E-state index in [1.165, 1.54) is 38.5 Å². The fourth-order valence-corrected chi connectivity index (χ4v) is 3.22. The SMILES string of the molecule is COC(=O)C1=CN(c2cccc(Cl)c2)C=C(C(=O)OC)C1c1ccc(F)cc1. The highest BCUT2D eigenvalue weighted by atomic mass is 35.5. The van der Waals surface area contributed by atoms with Crippen LogP contribution in [-0.4, -0.2) is 26.2 Å². The minimum atomic E-state index is -0.768. The number of nitrogens with zero attached hydrogens (tertiary/aromatic N) is 1. The summed E-state index contributed by atoms with van der Waals surface area (Å²) in [6, 6.07) is 12.5. The summed E-state index contributed by atoms with van der Waals surface area (Å²) in [4.78, 5) is 26.6. The lowest BCUT2D eigenvalue weighted by molar-refractivity contribution is -0.137. The molecule has 144 valence electrons. The van der Waals surface area contributed by atoms with E-state index in [1.54, 1.807) is 41.6 Å². The van der Waals surface area contributed by atoms with Gasteiger partial charge in [0.15, 0.2) is 0 Å².